The largest absolute Gasteiger partial charge is 0.294 e. The summed E-state index contributed by atoms with van der Waals surface area (Å²) >= 11 is 11.0. The second kappa shape index (κ2) is 3.22. The molecule has 0 aliphatic rings. The molecule has 66 valence electrons. The third-order valence-corrected chi connectivity index (χ3v) is 2.78. The van der Waals surface area contributed by atoms with Crippen molar-refractivity contribution in [1.29, 1.82) is 0 Å². The summed E-state index contributed by atoms with van der Waals surface area (Å²) in [5.74, 6) is 0. The molecule has 0 saturated carbocycles. The van der Waals surface area contributed by atoms with Crippen molar-refractivity contribution in [2.45, 2.75) is 4.90 Å². The van der Waals surface area contributed by atoms with Gasteiger partial charge >= 0.3 is 0 Å². The van der Waals surface area contributed by atoms with E-state index in [0.29, 0.717) is 0 Å². The number of rotatable bonds is 1. The van der Waals surface area contributed by atoms with Crippen molar-refractivity contribution in [3.05, 3.63) is 28.2 Å². The Morgan fingerprint density at radius 2 is 1.75 bits per heavy atom. The Bertz CT molecular complexity index is 399. The van der Waals surface area contributed by atoms with Crippen LogP contribution in [0.3, 0.4) is 0 Å². The van der Waals surface area contributed by atoms with E-state index in [9.17, 15) is 8.42 Å². The van der Waals surface area contributed by atoms with Crippen LogP contribution >= 0.6 is 23.2 Å². The maximum atomic E-state index is 10.6. The van der Waals surface area contributed by atoms with Crippen molar-refractivity contribution in [3.8, 4) is 0 Å². The highest BCUT2D eigenvalue weighted by molar-refractivity contribution is 7.85. The van der Waals surface area contributed by atoms with Crippen molar-refractivity contribution >= 4 is 33.3 Å². The summed E-state index contributed by atoms with van der Waals surface area (Å²) in [5.41, 5.74) is 0. The van der Waals surface area contributed by atoms with Gasteiger partial charge in [0.2, 0.25) is 0 Å². The molecule has 0 aliphatic heterocycles. The summed E-state index contributed by atoms with van der Waals surface area (Å²) in [7, 11) is -4.19. The fraction of sp³-hybridized carbons (Fsp3) is 0. The fourth-order valence-electron chi connectivity index (χ4n) is 0.637. The molecular weight excluding hydrogens is 223 g/mol. The maximum Gasteiger partial charge on any atom is 0.294 e. The van der Waals surface area contributed by atoms with Crippen LogP contribution in [-0.2, 0) is 10.1 Å². The summed E-state index contributed by atoms with van der Waals surface area (Å²) in [6.45, 7) is 0. The monoisotopic (exact) mass is 226 g/mol. The van der Waals surface area contributed by atoms with Crippen LogP contribution in [0.2, 0.25) is 10.0 Å². The van der Waals surface area contributed by atoms with E-state index >= 15 is 0 Å². The van der Waals surface area contributed by atoms with Crippen molar-refractivity contribution in [2.24, 2.45) is 0 Å². The van der Waals surface area contributed by atoms with Crippen molar-refractivity contribution in [3.63, 3.8) is 0 Å². The Kier molecular flexibility index (Phi) is 2.63. The van der Waals surface area contributed by atoms with E-state index in [4.69, 9.17) is 27.8 Å². The summed E-state index contributed by atoms with van der Waals surface area (Å²) in [6.07, 6.45) is 0. The quantitative estimate of drug-likeness (QED) is 0.748. The van der Waals surface area contributed by atoms with E-state index in [-0.39, 0.29) is 14.9 Å². The zero-order chi connectivity index (χ0) is 9.35. The third kappa shape index (κ3) is 2.10. The Labute approximate surface area is 79.7 Å². The molecule has 6 heteroatoms. The lowest BCUT2D eigenvalue weighted by atomic mass is 10.4. The Hall–Kier alpha value is -0.290. The van der Waals surface area contributed by atoms with Gasteiger partial charge in [-0.3, -0.25) is 4.55 Å². The highest BCUT2D eigenvalue weighted by Crippen LogP contribution is 2.24. The molecule has 0 fully saturated rings. The number of hydrogen-bond acceptors (Lipinski definition) is 2. The Balaban J connectivity index is 3.33. The van der Waals surface area contributed by atoms with Gasteiger partial charge in [-0.15, -0.1) is 0 Å². The van der Waals surface area contributed by atoms with Crippen LogP contribution in [0.15, 0.2) is 23.1 Å². The molecule has 0 spiro atoms. The minimum absolute atomic E-state index is 0.0896. The molecule has 1 rings (SSSR count). The lowest BCUT2D eigenvalue weighted by Crippen LogP contribution is -1.97. The molecule has 0 aromatic heterocycles. The second-order valence-electron chi connectivity index (χ2n) is 2.05. The van der Waals surface area contributed by atoms with Gasteiger partial charge < -0.3 is 0 Å². The van der Waals surface area contributed by atoms with E-state index in [1.807, 2.05) is 0 Å². The van der Waals surface area contributed by atoms with E-state index in [1.165, 1.54) is 12.1 Å². The predicted molar refractivity (Wildman–Crippen MR) is 46.3 cm³/mol. The first-order valence-electron chi connectivity index (χ1n) is 2.84. The molecule has 0 saturated heterocycles. The van der Waals surface area contributed by atoms with Crippen LogP contribution in [-0.4, -0.2) is 13.0 Å². The van der Waals surface area contributed by atoms with E-state index < -0.39 is 10.1 Å². The van der Waals surface area contributed by atoms with E-state index in [2.05, 4.69) is 0 Å². The molecule has 3 nitrogen and oxygen atoms in total. The van der Waals surface area contributed by atoms with Crippen LogP contribution in [0.1, 0.15) is 0 Å². The average Bonchev–Trinajstić information content (AvgIpc) is 1.92. The van der Waals surface area contributed by atoms with Crippen molar-refractivity contribution in [1.82, 2.24) is 0 Å². The maximum absolute atomic E-state index is 10.6. The molecule has 0 radical (unpaired) electrons. The number of benzene rings is 1. The molecule has 12 heavy (non-hydrogen) atoms. The van der Waals surface area contributed by atoms with Gasteiger partial charge in [0.25, 0.3) is 10.1 Å². The number of hydrogen-bond donors (Lipinski definition) is 1. The van der Waals surface area contributed by atoms with Crippen LogP contribution in [0.4, 0.5) is 0 Å². The second-order valence-corrected chi connectivity index (χ2v) is 4.29. The smallest absolute Gasteiger partial charge is 0.282 e. The minimum Gasteiger partial charge on any atom is -0.282 e. The van der Waals surface area contributed by atoms with Gasteiger partial charge in [-0.05, 0) is 18.2 Å². The lowest BCUT2D eigenvalue weighted by molar-refractivity contribution is 0.483. The van der Waals surface area contributed by atoms with Crippen LogP contribution in [0.25, 0.3) is 0 Å². The van der Waals surface area contributed by atoms with Crippen LogP contribution in [0, 0.1) is 0 Å². The predicted octanol–water partition coefficient (Wildman–Crippen LogP) is 2.24. The molecule has 0 bridgehead atoms. The average molecular weight is 227 g/mol. The normalized spacial score (nSPS) is 11.6. The van der Waals surface area contributed by atoms with Gasteiger partial charge in [-0.25, -0.2) is 0 Å². The lowest BCUT2D eigenvalue weighted by Gasteiger charge is -1.98. The minimum atomic E-state index is -4.19. The van der Waals surface area contributed by atoms with E-state index in [1.54, 1.807) is 0 Å². The van der Waals surface area contributed by atoms with Gasteiger partial charge in [-0.2, -0.15) is 8.42 Å². The SMILES string of the molecule is O=S(=O)(O)c1ccc(Cl)c(Cl)c1. The van der Waals surface area contributed by atoms with Gasteiger partial charge in [0.15, 0.2) is 0 Å². The third-order valence-electron chi connectivity index (χ3n) is 1.19. The molecular formula is C6H4Cl2O3S. The number of halogens is 2. The molecule has 0 unspecified atom stereocenters. The topological polar surface area (TPSA) is 54.4 Å². The molecule has 1 aromatic carbocycles. The molecule has 1 aromatic rings. The van der Waals surface area contributed by atoms with Gasteiger partial charge in [0.05, 0.1) is 14.9 Å². The van der Waals surface area contributed by atoms with Crippen molar-refractivity contribution < 1.29 is 13.0 Å². The first kappa shape index (κ1) is 9.80. The van der Waals surface area contributed by atoms with Crippen LogP contribution < -0.4 is 0 Å². The fourth-order valence-corrected chi connectivity index (χ4v) is 1.51. The van der Waals surface area contributed by atoms with Crippen LogP contribution in [0.5, 0.6) is 0 Å². The zero-order valence-electron chi connectivity index (χ0n) is 5.66. The van der Waals surface area contributed by atoms with Gasteiger partial charge in [0, 0.05) is 0 Å². The molecule has 1 N–H and O–H groups in total. The first-order chi connectivity index (χ1) is 5.41. The van der Waals surface area contributed by atoms with Gasteiger partial charge in [0.1, 0.15) is 0 Å². The standard InChI is InChI=1S/C6H4Cl2O3S/c7-5-2-1-4(3-6(5)8)12(9,10)11/h1-3H,(H,9,10,11). The molecule has 0 amide bonds. The Morgan fingerprint density at radius 1 is 1.17 bits per heavy atom. The Morgan fingerprint density at radius 3 is 2.17 bits per heavy atom. The molecule has 0 heterocycles. The summed E-state index contributed by atoms with van der Waals surface area (Å²) in [6, 6.07) is 3.55. The first-order valence-corrected chi connectivity index (χ1v) is 5.03. The molecule has 0 atom stereocenters. The summed E-state index contributed by atoms with van der Waals surface area (Å²) in [5, 5.41) is 0.329. The van der Waals surface area contributed by atoms with E-state index in [0.717, 1.165) is 6.07 Å². The summed E-state index contributed by atoms with van der Waals surface area (Å²) < 4.78 is 29.7. The summed E-state index contributed by atoms with van der Waals surface area (Å²) in [4.78, 5) is -0.267. The van der Waals surface area contributed by atoms with Gasteiger partial charge in [-0.1, -0.05) is 23.2 Å². The molecule has 0 aliphatic carbocycles. The van der Waals surface area contributed by atoms with Crippen molar-refractivity contribution in [2.75, 3.05) is 0 Å². The highest BCUT2D eigenvalue weighted by atomic mass is 35.5. The zero-order valence-corrected chi connectivity index (χ0v) is 7.99. The highest BCUT2D eigenvalue weighted by Gasteiger charge is 2.10.